The van der Waals surface area contributed by atoms with Gasteiger partial charge in [-0.2, -0.15) is 0 Å². The van der Waals surface area contributed by atoms with E-state index in [-0.39, 0.29) is 0 Å². The molecule has 0 aliphatic carbocycles. The molecule has 0 radical (unpaired) electrons. The Bertz CT molecular complexity index is 2110. The van der Waals surface area contributed by atoms with Gasteiger partial charge in [-0.1, -0.05) is 109 Å². The van der Waals surface area contributed by atoms with Crippen LogP contribution < -0.4 is 10.6 Å². The number of nitrogens with one attached hydrogen (secondary N) is 2. The molecule has 4 nitrogen and oxygen atoms in total. The molecule has 8 rings (SSSR count). The molecule has 0 saturated heterocycles. The van der Waals surface area contributed by atoms with Crippen LogP contribution >= 0.6 is 0 Å². The van der Waals surface area contributed by atoms with Crippen molar-refractivity contribution in [2.24, 2.45) is 0 Å². The van der Waals surface area contributed by atoms with Crippen LogP contribution in [0.3, 0.4) is 0 Å². The lowest BCUT2D eigenvalue weighted by atomic mass is 10.0. The van der Waals surface area contributed by atoms with Crippen molar-refractivity contribution in [1.82, 2.24) is 9.97 Å². The van der Waals surface area contributed by atoms with E-state index in [2.05, 4.69) is 132 Å². The first kappa shape index (κ1) is 24.6. The van der Waals surface area contributed by atoms with E-state index in [1.807, 2.05) is 0 Å². The summed E-state index contributed by atoms with van der Waals surface area (Å²) in [5.74, 6) is 0. The van der Waals surface area contributed by atoms with Crippen LogP contribution in [-0.2, 0) is 0 Å². The summed E-state index contributed by atoms with van der Waals surface area (Å²) in [5.41, 5.74) is 6.50. The fourth-order valence-electron chi connectivity index (χ4n) is 6.31. The number of pyridine rings is 2. The second kappa shape index (κ2) is 10.3. The zero-order valence-electron chi connectivity index (χ0n) is 23.3. The predicted molar refractivity (Wildman–Crippen MR) is 180 cm³/mol. The minimum atomic E-state index is 0.889. The van der Waals surface area contributed by atoms with Crippen LogP contribution in [-0.4, -0.2) is 23.1 Å². The highest BCUT2D eigenvalue weighted by Gasteiger charge is 2.13. The molecular formula is C38H30N4. The van der Waals surface area contributed by atoms with Gasteiger partial charge in [-0.25, -0.2) is 9.97 Å². The van der Waals surface area contributed by atoms with Crippen molar-refractivity contribution in [3.05, 3.63) is 121 Å². The van der Waals surface area contributed by atoms with Crippen molar-refractivity contribution >= 4 is 76.5 Å². The third-order valence-corrected chi connectivity index (χ3v) is 8.36. The number of hydrogen-bond donors (Lipinski definition) is 2. The van der Waals surface area contributed by atoms with Crippen molar-refractivity contribution in [3.8, 4) is 0 Å². The molecule has 42 heavy (non-hydrogen) atoms. The van der Waals surface area contributed by atoms with E-state index in [0.717, 1.165) is 48.0 Å². The Labute approximate surface area is 244 Å². The van der Waals surface area contributed by atoms with E-state index >= 15 is 0 Å². The Balaban J connectivity index is 1.05. The first-order chi connectivity index (χ1) is 20.8. The van der Waals surface area contributed by atoms with E-state index < -0.39 is 0 Å². The number of para-hydroxylation sites is 2. The van der Waals surface area contributed by atoms with Crippen LogP contribution in [0.1, 0.15) is 12.8 Å². The van der Waals surface area contributed by atoms with Crippen LogP contribution in [0.25, 0.3) is 65.2 Å². The highest BCUT2D eigenvalue weighted by atomic mass is 14.9. The average Bonchev–Trinajstić information content (AvgIpc) is 3.05. The number of rotatable bonds is 7. The molecule has 0 bridgehead atoms. The number of hydrogen-bond acceptors (Lipinski definition) is 4. The van der Waals surface area contributed by atoms with Gasteiger partial charge in [0.1, 0.15) is 0 Å². The molecule has 2 heterocycles. The molecule has 0 spiro atoms. The average molecular weight is 543 g/mol. The largest absolute Gasteiger partial charge is 0.384 e. The van der Waals surface area contributed by atoms with Gasteiger partial charge in [0.05, 0.1) is 33.4 Å². The zero-order valence-corrected chi connectivity index (χ0v) is 23.3. The lowest BCUT2D eigenvalue weighted by Gasteiger charge is -2.16. The molecule has 0 aliphatic heterocycles. The van der Waals surface area contributed by atoms with Crippen molar-refractivity contribution in [3.63, 3.8) is 0 Å². The number of fused-ring (bicyclic) bond motifs is 8. The van der Waals surface area contributed by atoms with Crippen molar-refractivity contribution < 1.29 is 0 Å². The summed E-state index contributed by atoms with van der Waals surface area (Å²) in [5, 5.41) is 17.1. The smallest absolute Gasteiger partial charge is 0.0808 e. The highest BCUT2D eigenvalue weighted by Crippen LogP contribution is 2.36. The van der Waals surface area contributed by atoms with Crippen molar-refractivity contribution in [1.29, 1.82) is 0 Å². The van der Waals surface area contributed by atoms with E-state index in [9.17, 15) is 0 Å². The molecule has 0 amide bonds. The monoisotopic (exact) mass is 542 g/mol. The van der Waals surface area contributed by atoms with Gasteiger partial charge >= 0.3 is 0 Å². The number of benzene rings is 6. The summed E-state index contributed by atoms with van der Waals surface area (Å²) in [6, 6.07) is 42.7. The lowest BCUT2D eigenvalue weighted by Crippen LogP contribution is -2.08. The standard InChI is InChI=1S/C38H30N4/c1-3-13-27-25(11-1)19-21-31-35(29-15-5-7-17-33(29)41-37(27)31)39-23-9-10-24-40-36-30-16-6-8-18-34(30)42-38-28-14-4-2-12-26(28)20-22-32(36)38/h1-8,11-22H,9-10,23-24H2,(H,39,41)(H,40,42). The molecule has 0 unspecified atom stereocenters. The van der Waals surface area contributed by atoms with Gasteiger partial charge in [0.25, 0.3) is 0 Å². The highest BCUT2D eigenvalue weighted by molar-refractivity contribution is 6.17. The molecule has 8 aromatic rings. The van der Waals surface area contributed by atoms with Gasteiger partial charge in [-0.15, -0.1) is 0 Å². The number of anilines is 2. The second-order valence-corrected chi connectivity index (χ2v) is 10.9. The van der Waals surface area contributed by atoms with Crippen LogP contribution in [0.4, 0.5) is 11.4 Å². The Morgan fingerprint density at radius 1 is 0.381 bits per heavy atom. The molecular weight excluding hydrogens is 512 g/mol. The Kier molecular flexibility index (Phi) is 6.03. The van der Waals surface area contributed by atoms with E-state index in [0.29, 0.717) is 0 Å². The Hall–Kier alpha value is -5.22. The van der Waals surface area contributed by atoms with Gasteiger partial charge in [-0.05, 0) is 35.7 Å². The van der Waals surface area contributed by atoms with Crippen LogP contribution in [0.2, 0.25) is 0 Å². The minimum absolute atomic E-state index is 0.889. The summed E-state index contributed by atoms with van der Waals surface area (Å²) in [7, 11) is 0. The van der Waals surface area contributed by atoms with Gasteiger partial charge in [0.15, 0.2) is 0 Å². The maximum atomic E-state index is 5.07. The van der Waals surface area contributed by atoms with Gasteiger partial charge in [-0.3, -0.25) is 0 Å². The Morgan fingerprint density at radius 2 is 0.786 bits per heavy atom. The van der Waals surface area contributed by atoms with Crippen molar-refractivity contribution in [2.75, 3.05) is 23.7 Å². The summed E-state index contributed by atoms with van der Waals surface area (Å²) in [4.78, 5) is 10.1. The fourth-order valence-corrected chi connectivity index (χ4v) is 6.31. The molecule has 0 saturated carbocycles. The Morgan fingerprint density at radius 3 is 1.26 bits per heavy atom. The molecule has 202 valence electrons. The number of nitrogens with zero attached hydrogens (tertiary/aromatic N) is 2. The molecule has 4 heteroatoms. The molecule has 2 aromatic heterocycles. The fraction of sp³-hybridized carbons (Fsp3) is 0.105. The van der Waals surface area contributed by atoms with Crippen molar-refractivity contribution in [2.45, 2.75) is 12.8 Å². The summed E-state index contributed by atoms with van der Waals surface area (Å²) in [6.07, 6.45) is 2.09. The summed E-state index contributed by atoms with van der Waals surface area (Å²) in [6.45, 7) is 1.78. The van der Waals surface area contributed by atoms with E-state index in [1.54, 1.807) is 0 Å². The van der Waals surface area contributed by atoms with Gasteiger partial charge < -0.3 is 10.6 Å². The second-order valence-electron chi connectivity index (χ2n) is 10.9. The van der Waals surface area contributed by atoms with Gasteiger partial charge in [0.2, 0.25) is 0 Å². The lowest BCUT2D eigenvalue weighted by molar-refractivity contribution is 0.797. The number of aromatic nitrogens is 2. The molecule has 0 fully saturated rings. The normalized spacial score (nSPS) is 11.7. The molecule has 0 atom stereocenters. The molecule has 0 aliphatic rings. The quantitative estimate of drug-likeness (QED) is 0.120. The third-order valence-electron chi connectivity index (χ3n) is 8.36. The van der Waals surface area contributed by atoms with Crippen LogP contribution in [0.5, 0.6) is 0 Å². The SMILES string of the molecule is c1ccc2c(c1)ccc1c(NCCCCNc3c4ccccc4nc4c3ccc3ccccc34)c3ccccc3nc12. The number of unbranched alkanes of at least 4 members (excludes halogenated alkanes) is 1. The molecule has 6 aromatic carbocycles. The maximum absolute atomic E-state index is 5.07. The topological polar surface area (TPSA) is 49.8 Å². The third kappa shape index (κ3) is 4.15. The van der Waals surface area contributed by atoms with E-state index in [4.69, 9.17) is 9.97 Å². The first-order valence-corrected chi connectivity index (χ1v) is 14.7. The van der Waals surface area contributed by atoms with Crippen LogP contribution in [0.15, 0.2) is 121 Å². The molecule has 2 N–H and O–H groups in total. The summed E-state index contributed by atoms with van der Waals surface area (Å²) >= 11 is 0. The van der Waals surface area contributed by atoms with E-state index in [1.165, 1.54) is 54.5 Å². The van der Waals surface area contributed by atoms with Crippen LogP contribution in [0, 0.1) is 0 Å². The zero-order chi connectivity index (χ0) is 27.9. The maximum Gasteiger partial charge on any atom is 0.0808 e. The predicted octanol–water partition coefficient (Wildman–Crippen LogP) is 9.70. The summed E-state index contributed by atoms with van der Waals surface area (Å²) < 4.78 is 0. The van der Waals surface area contributed by atoms with Gasteiger partial charge in [0, 0.05) is 45.4 Å². The first-order valence-electron chi connectivity index (χ1n) is 14.7. The minimum Gasteiger partial charge on any atom is -0.384 e.